The van der Waals surface area contributed by atoms with Gasteiger partial charge in [0.2, 0.25) is 0 Å². The Morgan fingerprint density at radius 1 is 1.33 bits per heavy atom. The molecule has 24 heavy (non-hydrogen) atoms. The standard InChI is InChI=1S/C15H16F3N3O3/c1-9-5-12(21-24-9)7-19-14(23)20-8-13(22)10-3-2-4-11(6-10)15(16,17)18/h2-6,13,22H,7-8H2,1H3,(H2,19,20,23)/t13-/m1/s1. The Hall–Kier alpha value is -2.55. The number of alkyl halides is 3. The van der Waals surface area contributed by atoms with E-state index < -0.39 is 23.9 Å². The van der Waals surface area contributed by atoms with Crippen LogP contribution in [0.5, 0.6) is 0 Å². The Bertz CT molecular complexity index is 701. The van der Waals surface area contributed by atoms with Crippen molar-refractivity contribution in [3.05, 3.63) is 52.9 Å². The number of carbonyl (C=O) groups is 1. The molecule has 1 atom stereocenters. The van der Waals surface area contributed by atoms with Crippen molar-refractivity contribution in [1.29, 1.82) is 0 Å². The average molecular weight is 343 g/mol. The molecule has 0 spiro atoms. The fourth-order valence-electron chi connectivity index (χ4n) is 1.96. The fourth-order valence-corrected chi connectivity index (χ4v) is 1.96. The van der Waals surface area contributed by atoms with Gasteiger partial charge in [0.25, 0.3) is 0 Å². The van der Waals surface area contributed by atoms with Crippen LogP contribution < -0.4 is 10.6 Å². The van der Waals surface area contributed by atoms with E-state index in [0.29, 0.717) is 11.5 Å². The number of hydrogen-bond acceptors (Lipinski definition) is 4. The average Bonchev–Trinajstić information content (AvgIpc) is 2.95. The Morgan fingerprint density at radius 3 is 2.71 bits per heavy atom. The highest BCUT2D eigenvalue weighted by Gasteiger charge is 2.30. The van der Waals surface area contributed by atoms with E-state index in [0.717, 1.165) is 12.1 Å². The molecule has 2 rings (SSSR count). The van der Waals surface area contributed by atoms with Crippen molar-refractivity contribution in [3.8, 4) is 0 Å². The summed E-state index contributed by atoms with van der Waals surface area (Å²) in [5.74, 6) is 0.604. The lowest BCUT2D eigenvalue weighted by atomic mass is 10.1. The maximum Gasteiger partial charge on any atom is 0.416 e. The third-order valence-electron chi connectivity index (χ3n) is 3.16. The van der Waals surface area contributed by atoms with Gasteiger partial charge in [-0.15, -0.1) is 0 Å². The van der Waals surface area contributed by atoms with Gasteiger partial charge in [-0.1, -0.05) is 17.3 Å². The second-order valence-corrected chi connectivity index (χ2v) is 5.13. The number of aliphatic hydroxyl groups excluding tert-OH is 1. The van der Waals surface area contributed by atoms with Crippen LogP contribution in [0.1, 0.15) is 28.7 Å². The van der Waals surface area contributed by atoms with Crippen LogP contribution in [0.15, 0.2) is 34.9 Å². The highest BCUT2D eigenvalue weighted by molar-refractivity contribution is 5.73. The van der Waals surface area contributed by atoms with Crippen LogP contribution >= 0.6 is 0 Å². The van der Waals surface area contributed by atoms with E-state index in [1.165, 1.54) is 12.1 Å². The molecule has 0 saturated carbocycles. The Labute approximate surface area is 135 Å². The second-order valence-electron chi connectivity index (χ2n) is 5.13. The minimum atomic E-state index is -4.49. The van der Waals surface area contributed by atoms with Crippen molar-refractivity contribution in [2.24, 2.45) is 0 Å². The number of aromatic nitrogens is 1. The maximum absolute atomic E-state index is 12.6. The van der Waals surface area contributed by atoms with Gasteiger partial charge in [-0.3, -0.25) is 0 Å². The number of nitrogens with zero attached hydrogens (tertiary/aromatic N) is 1. The molecule has 3 N–H and O–H groups in total. The summed E-state index contributed by atoms with van der Waals surface area (Å²) < 4.78 is 42.7. The summed E-state index contributed by atoms with van der Waals surface area (Å²) in [5.41, 5.74) is -0.261. The predicted molar refractivity (Wildman–Crippen MR) is 77.9 cm³/mol. The number of halogens is 3. The first-order valence-corrected chi connectivity index (χ1v) is 7.05. The molecule has 0 bridgehead atoms. The molecule has 1 heterocycles. The van der Waals surface area contributed by atoms with Crippen LogP contribution in [-0.2, 0) is 12.7 Å². The molecule has 0 fully saturated rings. The number of aliphatic hydroxyl groups is 1. The molecule has 1 aromatic heterocycles. The number of rotatable bonds is 5. The van der Waals surface area contributed by atoms with E-state index in [2.05, 4.69) is 15.8 Å². The van der Waals surface area contributed by atoms with E-state index in [1.807, 2.05) is 0 Å². The van der Waals surface area contributed by atoms with Crippen LogP contribution in [0.2, 0.25) is 0 Å². The lowest BCUT2D eigenvalue weighted by Crippen LogP contribution is -2.37. The minimum absolute atomic E-state index is 0.0669. The molecule has 0 aliphatic rings. The van der Waals surface area contributed by atoms with Crippen molar-refractivity contribution in [1.82, 2.24) is 15.8 Å². The number of nitrogens with one attached hydrogen (secondary N) is 2. The minimum Gasteiger partial charge on any atom is -0.387 e. The molecule has 1 aromatic carbocycles. The van der Waals surface area contributed by atoms with Crippen molar-refractivity contribution in [2.45, 2.75) is 25.7 Å². The van der Waals surface area contributed by atoms with Crippen LogP contribution in [-0.4, -0.2) is 22.8 Å². The normalized spacial score (nSPS) is 12.7. The highest BCUT2D eigenvalue weighted by atomic mass is 19.4. The number of urea groups is 1. The van der Waals surface area contributed by atoms with E-state index in [9.17, 15) is 23.1 Å². The zero-order valence-electron chi connectivity index (χ0n) is 12.7. The first-order valence-electron chi connectivity index (χ1n) is 7.05. The smallest absolute Gasteiger partial charge is 0.387 e. The quantitative estimate of drug-likeness (QED) is 0.779. The number of amides is 2. The highest BCUT2D eigenvalue weighted by Crippen LogP contribution is 2.30. The largest absolute Gasteiger partial charge is 0.416 e. The van der Waals surface area contributed by atoms with Gasteiger partial charge in [0.05, 0.1) is 18.2 Å². The van der Waals surface area contributed by atoms with Gasteiger partial charge in [0.15, 0.2) is 0 Å². The number of benzene rings is 1. The van der Waals surface area contributed by atoms with E-state index >= 15 is 0 Å². The third-order valence-corrected chi connectivity index (χ3v) is 3.16. The van der Waals surface area contributed by atoms with Gasteiger partial charge in [0.1, 0.15) is 11.5 Å². The molecule has 130 valence electrons. The molecule has 9 heteroatoms. The van der Waals surface area contributed by atoms with Crippen LogP contribution in [0.25, 0.3) is 0 Å². The van der Waals surface area contributed by atoms with Crippen molar-refractivity contribution < 1.29 is 27.6 Å². The van der Waals surface area contributed by atoms with Crippen LogP contribution in [0.3, 0.4) is 0 Å². The van der Waals surface area contributed by atoms with Crippen molar-refractivity contribution in [3.63, 3.8) is 0 Å². The first-order chi connectivity index (χ1) is 11.3. The van der Waals surface area contributed by atoms with Gasteiger partial charge in [0, 0.05) is 12.6 Å². The van der Waals surface area contributed by atoms with Crippen LogP contribution in [0, 0.1) is 6.92 Å². The summed E-state index contributed by atoms with van der Waals surface area (Å²) in [6, 6.07) is 5.39. The lowest BCUT2D eigenvalue weighted by molar-refractivity contribution is -0.137. The molecule has 6 nitrogen and oxygen atoms in total. The molecular weight excluding hydrogens is 327 g/mol. The summed E-state index contributed by atoms with van der Waals surface area (Å²) in [7, 11) is 0. The van der Waals surface area contributed by atoms with Gasteiger partial charge in [-0.2, -0.15) is 13.2 Å². The van der Waals surface area contributed by atoms with Gasteiger partial charge in [-0.25, -0.2) is 4.79 Å². The Morgan fingerprint density at radius 2 is 2.08 bits per heavy atom. The molecule has 0 aliphatic heterocycles. The summed E-state index contributed by atoms with van der Waals surface area (Å²) >= 11 is 0. The fraction of sp³-hybridized carbons (Fsp3) is 0.333. The predicted octanol–water partition coefficient (Wildman–Crippen LogP) is 2.53. The van der Waals surface area contributed by atoms with Gasteiger partial charge < -0.3 is 20.3 Å². The number of aryl methyl sites for hydroxylation is 1. The first kappa shape index (κ1) is 17.8. The molecule has 0 aliphatic carbocycles. The monoisotopic (exact) mass is 343 g/mol. The van der Waals surface area contributed by atoms with Crippen LogP contribution in [0.4, 0.5) is 18.0 Å². The summed E-state index contributed by atoms with van der Waals surface area (Å²) in [6.45, 7) is 1.61. The molecular formula is C15H16F3N3O3. The number of carbonyl (C=O) groups excluding carboxylic acids is 1. The maximum atomic E-state index is 12.6. The third kappa shape index (κ3) is 4.98. The van der Waals surface area contributed by atoms with E-state index in [4.69, 9.17) is 4.52 Å². The molecule has 2 aromatic rings. The van der Waals surface area contributed by atoms with E-state index in [1.54, 1.807) is 13.0 Å². The second kappa shape index (κ2) is 7.35. The van der Waals surface area contributed by atoms with Gasteiger partial charge in [-0.05, 0) is 24.6 Å². The molecule has 2 amide bonds. The summed E-state index contributed by atoms with van der Waals surface area (Å²) in [6.07, 6.45) is -5.75. The molecule has 0 radical (unpaired) electrons. The van der Waals surface area contributed by atoms with E-state index in [-0.39, 0.29) is 18.7 Å². The van der Waals surface area contributed by atoms with Crippen molar-refractivity contribution >= 4 is 6.03 Å². The molecule has 0 saturated heterocycles. The Kier molecular flexibility index (Phi) is 5.45. The summed E-state index contributed by atoms with van der Waals surface area (Å²) in [5, 5.41) is 18.5. The van der Waals surface area contributed by atoms with Gasteiger partial charge >= 0.3 is 12.2 Å². The lowest BCUT2D eigenvalue weighted by Gasteiger charge is -2.14. The zero-order chi connectivity index (χ0) is 17.7. The Balaban J connectivity index is 1.84. The molecule has 0 unspecified atom stereocenters. The topological polar surface area (TPSA) is 87.4 Å². The SMILES string of the molecule is Cc1cc(CNC(=O)NC[C@@H](O)c2cccc(C(F)(F)F)c2)no1. The number of hydrogen-bond donors (Lipinski definition) is 3. The van der Waals surface area contributed by atoms with Crippen molar-refractivity contribution in [2.75, 3.05) is 6.54 Å². The summed E-state index contributed by atoms with van der Waals surface area (Å²) in [4.78, 5) is 11.6. The zero-order valence-corrected chi connectivity index (χ0v) is 12.7.